The maximum Gasteiger partial charge on any atom is 0.257 e. The molecule has 0 aliphatic carbocycles. The number of imidazole rings is 1. The average molecular weight is 420 g/mol. The second-order valence-electron chi connectivity index (χ2n) is 6.35. The molecule has 1 atom stereocenters. The van der Waals surface area contributed by atoms with E-state index in [0.717, 1.165) is 9.39 Å². The molecule has 1 unspecified atom stereocenters. The lowest BCUT2D eigenvalue weighted by Crippen LogP contribution is -2.27. The summed E-state index contributed by atoms with van der Waals surface area (Å²) in [5, 5.41) is 0. The predicted octanol–water partition coefficient (Wildman–Crippen LogP) is 4.91. The van der Waals surface area contributed by atoms with Crippen molar-refractivity contribution in [2.24, 2.45) is 0 Å². The van der Waals surface area contributed by atoms with Gasteiger partial charge in [-0.1, -0.05) is 39.7 Å². The molecule has 1 aromatic heterocycles. The minimum absolute atomic E-state index is 0.127. The summed E-state index contributed by atoms with van der Waals surface area (Å²) in [6.45, 7) is 6.18. The van der Waals surface area contributed by atoms with Gasteiger partial charge >= 0.3 is 0 Å². The van der Waals surface area contributed by atoms with E-state index in [-0.39, 0.29) is 4.90 Å². The summed E-state index contributed by atoms with van der Waals surface area (Å²) < 4.78 is 34.1. The van der Waals surface area contributed by atoms with E-state index in [2.05, 4.69) is 4.98 Å². The molecule has 2 aromatic carbocycles. The number of hydrogen-bond donors (Lipinski definition) is 0. The molecule has 0 bridgehead atoms. The van der Waals surface area contributed by atoms with E-state index in [0.29, 0.717) is 24.0 Å². The first kappa shape index (κ1) is 20.4. The number of hydrogen-bond acceptors (Lipinski definition) is 4. The Morgan fingerprint density at radius 3 is 2.39 bits per heavy atom. The van der Waals surface area contributed by atoms with Crippen molar-refractivity contribution in [3.8, 4) is 11.6 Å². The zero-order valence-electron chi connectivity index (χ0n) is 15.9. The van der Waals surface area contributed by atoms with Crippen molar-refractivity contribution in [2.45, 2.75) is 38.3 Å². The first-order chi connectivity index (χ1) is 13.3. The third-order valence-electron chi connectivity index (χ3n) is 4.36. The zero-order valence-corrected chi connectivity index (χ0v) is 17.5. The molecule has 3 aromatic rings. The Morgan fingerprint density at radius 1 is 1.14 bits per heavy atom. The summed E-state index contributed by atoms with van der Waals surface area (Å²) in [5.74, 6) is 1.70. The summed E-state index contributed by atoms with van der Waals surface area (Å²) in [6, 6.07) is 15.0. The third kappa shape index (κ3) is 4.06. The Hall–Kier alpha value is -2.35. The molecule has 148 valence electrons. The van der Waals surface area contributed by atoms with E-state index in [1.54, 1.807) is 35.9 Å². The summed E-state index contributed by atoms with van der Waals surface area (Å²) in [7, 11) is -3.86. The summed E-state index contributed by atoms with van der Waals surface area (Å²) in [4.78, 5) is 4.50. The van der Waals surface area contributed by atoms with Crippen molar-refractivity contribution in [3.05, 3.63) is 72.2 Å². The van der Waals surface area contributed by atoms with Crippen LogP contribution >= 0.6 is 11.8 Å². The van der Waals surface area contributed by atoms with Crippen molar-refractivity contribution in [1.82, 2.24) is 13.4 Å². The fourth-order valence-corrected chi connectivity index (χ4v) is 4.36. The number of benzene rings is 2. The van der Waals surface area contributed by atoms with Crippen LogP contribution in [0.5, 0.6) is 11.6 Å². The Bertz CT molecular complexity index is 1030. The van der Waals surface area contributed by atoms with Gasteiger partial charge in [0.15, 0.2) is 0 Å². The number of nitrogens with zero attached hydrogens (tertiary/aromatic N) is 3. The average Bonchev–Trinajstić information content (AvgIpc) is 3.11. The highest BCUT2D eigenvalue weighted by molar-refractivity contribution is 7.90. The van der Waals surface area contributed by atoms with Gasteiger partial charge in [-0.15, -0.1) is 0 Å². The second-order valence-corrected chi connectivity index (χ2v) is 8.73. The molecule has 0 aliphatic heterocycles. The minimum Gasteiger partial charge on any atom is -0.439 e. The van der Waals surface area contributed by atoms with E-state index in [1.807, 2.05) is 38.1 Å². The maximum absolute atomic E-state index is 12.8. The second kappa shape index (κ2) is 8.34. The van der Waals surface area contributed by atoms with Gasteiger partial charge in [0.05, 0.1) is 17.1 Å². The lowest BCUT2D eigenvalue weighted by atomic mass is 10.2. The van der Waals surface area contributed by atoms with Gasteiger partial charge in [0, 0.05) is 6.54 Å². The van der Waals surface area contributed by atoms with Crippen LogP contribution in [0.4, 0.5) is 0 Å². The van der Waals surface area contributed by atoms with Crippen LogP contribution in [0.25, 0.3) is 0 Å². The van der Waals surface area contributed by atoms with E-state index in [4.69, 9.17) is 16.5 Å². The molecule has 0 amide bonds. The fourth-order valence-electron chi connectivity index (χ4n) is 2.83. The van der Waals surface area contributed by atoms with Crippen LogP contribution in [-0.4, -0.2) is 21.8 Å². The van der Waals surface area contributed by atoms with Gasteiger partial charge in [0.1, 0.15) is 11.6 Å². The standard InChI is InChI=1S/C20H22ClN3O3S/c1-4-23-19(27-17-12-10-15(2)11-13-17)14-22-20(23)16(3)24(21)28(25,26)18-8-6-5-7-9-18/h5-14,16H,4H2,1-3H3. The van der Waals surface area contributed by atoms with Crippen LogP contribution in [0, 0.1) is 6.92 Å². The fraction of sp³-hybridized carbons (Fsp3) is 0.250. The quantitative estimate of drug-likeness (QED) is 0.510. The highest BCUT2D eigenvalue weighted by atomic mass is 35.5. The number of ether oxygens (including phenoxy) is 1. The first-order valence-electron chi connectivity index (χ1n) is 8.89. The Balaban J connectivity index is 1.88. The van der Waals surface area contributed by atoms with E-state index in [1.165, 1.54) is 12.1 Å². The summed E-state index contributed by atoms with van der Waals surface area (Å²) in [6.07, 6.45) is 1.58. The SMILES string of the molecule is CCn1c(Oc2ccc(C)cc2)cnc1C(C)N(Cl)S(=O)(=O)c1ccccc1. The number of aromatic nitrogens is 2. The smallest absolute Gasteiger partial charge is 0.257 e. The molecule has 28 heavy (non-hydrogen) atoms. The van der Waals surface area contributed by atoms with Gasteiger partial charge < -0.3 is 4.74 Å². The summed E-state index contributed by atoms with van der Waals surface area (Å²) in [5.41, 5.74) is 1.13. The van der Waals surface area contributed by atoms with Gasteiger partial charge in [-0.3, -0.25) is 4.57 Å². The molecule has 0 spiro atoms. The molecule has 6 nitrogen and oxygen atoms in total. The highest BCUT2D eigenvalue weighted by Gasteiger charge is 2.31. The van der Waals surface area contributed by atoms with Crippen LogP contribution in [-0.2, 0) is 16.6 Å². The number of halogens is 1. The zero-order chi connectivity index (χ0) is 20.3. The lowest BCUT2D eigenvalue weighted by Gasteiger charge is -2.22. The van der Waals surface area contributed by atoms with Gasteiger partial charge in [0.25, 0.3) is 10.0 Å². The molecular weight excluding hydrogens is 398 g/mol. The van der Waals surface area contributed by atoms with Crippen LogP contribution < -0.4 is 4.74 Å². The monoisotopic (exact) mass is 419 g/mol. The number of rotatable bonds is 7. The van der Waals surface area contributed by atoms with Crippen molar-refractivity contribution in [2.75, 3.05) is 0 Å². The van der Waals surface area contributed by atoms with Crippen LogP contribution in [0.3, 0.4) is 0 Å². The molecule has 8 heteroatoms. The Kier molecular flexibility index (Phi) is 6.07. The van der Waals surface area contributed by atoms with Crippen molar-refractivity contribution in [3.63, 3.8) is 0 Å². The van der Waals surface area contributed by atoms with Crippen LogP contribution in [0.2, 0.25) is 0 Å². The van der Waals surface area contributed by atoms with Gasteiger partial charge in [-0.25, -0.2) is 13.4 Å². The first-order valence-corrected chi connectivity index (χ1v) is 10.7. The van der Waals surface area contributed by atoms with Crippen molar-refractivity contribution < 1.29 is 13.2 Å². The van der Waals surface area contributed by atoms with Crippen LogP contribution in [0.1, 0.15) is 31.3 Å². The molecule has 3 rings (SSSR count). The normalized spacial score (nSPS) is 12.9. The minimum atomic E-state index is -3.86. The Labute approximate surface area is 170 Å². The van der Waals surface area contributed by atoms with E-state index in [9.17, 15) is 8.42 Å². The predicted molar refractivity (Wildman–Crippen MR) is 109 cm³/mol. The van der Waals surface area contributed by atoms with Crippen molar-refractivity contribution >= 4 is 21.8 Å². The largest absolute Gasteiger partial charge is 0.439 e. The number of aryl methyl sites for hydroxylation is 1. The molecule has 0 radical (unpaired) electrons. The van der Waals surface area contributed by atoms with E-state index < -0.39 is 16.1 Å². The molecule has 0 aliphatic rings. The molecule has 0 saturated heterocycles. The third-order valence-corrected chi connectivity index (χ3v) is 6.84. The molecule has 0 N–H and O–H groups in total. The molecule has 0 fully saturated rings. The maximum atomic E-state index is 12.8. The highest BCUT2D eigenvalue weighted by Crippen LogP contribution is 2.32. The van der Waals surface area contributed by atoms with Gasteiger partial charge in [0.2, 0.25) is 5.88 Å². The van der Waals surface area contributed by atoms with Gasteiger partial charge in [-0.2, -0.15) is 0 Å². The van der Waals surface area contributed by atoms with E-state index >= 15 is 0 Å². The summed E-state index contributed by atoms with van der Waals surface area (Å²) >= 11 is 6.26. The number of sulfonamides is 1. The Morgan fingerprint density at radius 2 is 1.79 bits per heavy atom. The lowest BCUT2D eigenvalue weighted by molar-refractivity contribution is 0.408. The van der Waals surface area contributed by atoms with Crippen LogP contribution in [0.15, 0.2) is 65.7 Å². The molecule has 0 saturated carbocycles. The topological polar surface area (TPSA) is 64.4 Å². The van der Waals surface area contributed by atoms with Gasteiger partial charge in [-0.05, 0) is 56.8 Å². The molecule has 1 heterocycles. The van der Waals surface area contributed by atoms with Crippen molar-refractivity contribution in [1.29, 1.82) is 0 Å². The molecular formula is C20H22ClN3O3S.